The maximum atomic E-state index is 11.9. The van der Waals surface area contributed by atoms with Crippen LogP contribution in [-0.4, -0.2) is 35.3 Å². The van der Waals surface area contributed by atoms with Crippen molar-refractivity contribution in [1.82, 2.24) is 4.90 Å². The Labute approximate surface area is 139 Å². The highest BCUT2D eigenvalue weighted by atomic mass is 35.5. The van der Waals surface area contributed by atoms with E-state index in [1.165, 1.54) is 13.0 Å². The van der Waals surface area contributed by atoms with Crippen LogP contribution in [-0.2, 0) is 14.3 Å². The summed E-state index contributed by atoms with van der Waals surface area (Å²) < 4.78 is 5.10. The minimum atomic E-state index is -0.491. The lowest BCUT2D eigenvalue weighted by molar-refractivity contribution is -0.138. The molecule has 0 aromatic heterocycles. The van der Waals surface area contributed by atoms with Crippen LogP contribution < -0.4 is 5.32 Å². The van der Waals surface area contributed by atoms with Gasteiger partial charge in [-0.2, -0.15) is 0 Å². The SMILES string of the molecule is CC(=O)N1CC(Nc2ccc(C(=O)OC(C)C)c(Cl)c2)=CC1=O. The number of nitrogens with zero attached hydrogens (tertiary/aromatic N) is 1. The molecule has 2 rings (SSSR count). The number of halogens is 1. The number of rotatable bonds is 4. The summed E-state index contributed by atoms with van der Waals surface area (Å²) >= 11 is 6.11. The van der Waals surface area contributed by atoms with Crippen molar-refractivity contribution in [2.24, 2.45) is 0 Å². The van der Waals surface area contributed by atoms with Gasteiger partial charge in [0.1, 0.15) is 0 Å². The van der Waals surface area contributed by atoms with E-state index in [-0.39, 0.29) is 35.0 Å². The number of hydrogen-bond acceptors (Lipinski definition) is 5. The number of esters is 1. The minimum Gasteiger partial charge on any atom is -0.459 e. The molecule has 0 bridgehead atoms. The standard InChI is InChI=1S/C16H17ClN2O4/c1-9(2)23-16(22)13-5-4-11(6-14(13)17)18-12-7-15(21)19(8-12)10(3)20/h4-7,9,18H,8H2,1-3H3. The number of amides is 2. The second-order valence-corrected chi connectivity index (χ2v) is 5.79. The Bertz CT molecular complexity index is 697. The highest BCUT2D eigenvalue weighted by Gasteiger charge is 2.24. The van der Waals surface area contributed by atoms with Crippen LogP contribution >= 0.6 is 11.6 Å². The molecule has 1 aliphatic rings. The van der Waals surface area contributed by atoms with Crippen LogP contribution in [0.2, 0.25) is 5.02 Å². The summed E-state index contributed by atoms with van der Waals surface area (Å²) in [5.74, 6) is -1.16. The van der Waals surface area contributed by atoms with Gasteiger partial charge in [0.2, 0.25) is 5.91 Å². The number of carbonyl (C=O) groups is 3. The van der Waals surface area contributed by atoms with Gasteiger partial charge in [-0.3, -0.25) is 14.5 Å². The molecule has 122 valence electrons. The van der Waals surface area contributed by atoms with Gasteiger partial charge in [-0.05, 0) is 32.0 Å². The Balaban J connectivity index is 2.10. The summed E-state index contributed by atoms with van der Waals surface area (Å²) in [7, 11) is 0. The Morgan fingerprint density at radius 3 is 2.57 bits per heavy atom. The van der Waals surface area contributed by atoms with Crippen molar-refractivity contribution in [2.45, 2.75) is 26.9 Å². The Hall–Kier alpha value is -2.34. The highest BCUT2D eigenvalue weighted by Crippen LogP contribution is 2.24. The topological polar surface area (TPSA) is 75.7 Å². The molecule has 6 nitrogen and oxygen atoms in total. The lowest BCUT2D eigenvalue weighted by atomic mass is 10.2. The molecule has 0 saturated heterocycles. The fraction of sp³-hybridized carbons (Fsp3) is 0.312. The van der Waals surface area contributed by atoms with Crippen LogP contribution in [0.4, 0.5) is 5.69 Å². The van der Waals surface area contributed by atoms with E-state index >= 15 is 0 Å². The van der Waals surface area contributed by atoms with Gasteiger partial charge in [0.15, 0.2) is 0 Å². The average Bonchev–Trinajstić information content (AvgIpc) is 2.78. The van der Waals surface area contributed by atoms with Gasteiger partial charge >= 0.3 is 5.97 Å². The Morgan fingerprint density at radius 2 is 2.04 bits per heavy atom. The first-order valence-corrected chi connectivity index (χ1v) is 7.46. The molecule has 0 unspecified atom stereocenters. The summed E-state index contributed by atoms with van der Waals surface area (Å²) in [4.78, 5) is 35.9. The Morgan fingerprint density at radius 1 is 1.35 bits per heavy atom. The largest absolute Gasteiger partial charge is 0.459 e. The van der Waals surface area contributed by atoms with E-state index in [2.05, 4.69) is 5.32 Å². The number of hydrogen-bond donors (Lipinski definition) is 1. The van der Waals surface area contributed by atoms with Crippen LogP contribution in [0.15, 0.2) is 30.0 Å². The summed E-state index contributed by atoms with van der Waals surface area (Å²) in [5.41, 5.74) is 1.46. The lowest BCUT2D eigenvalue weighted by Gasteiger charge is -2.13. The monoisotopic (exact) mass is 336 g/mol. The maximum Gasteiger partial charge on any atom is 0.339 e. The first kappa shape index (κ1) is 17.0. The van der Waals surface area contributed by atoms with Gasteiger partial charge in [-0.1, -0.05) is 11.6 Å². The fourth-order valence-corrected chi connectivity index (χ4v) is 2.34. The third-order valence-corrected chi connectivity index (χ3v) is 3.42. The van der Waals surface area contributed by atoms with Crippen molar-refractivity contribution in [1.29, 1.82) is 0 Å². The second kappa shape index (κ2) is 6.83. The van der Waals surface area contributed by atoms with E-state index in [1.807, 2.05) is 0 Å². The van der Waals surface area contributed by atoms with Crippen LogP contribution in [0, 0.1) is 0 Å². The van der Waals surface area contributed by atoms with Crippen molar-refractivity contribution < 1.29 is 19.1 Å². The number of carbonyl (C=O) groups excluding carboxylic acids is 3. The molecule has 0 aliphatic carbocycles. The molecule has 7 heteroatoms. The van der Waals surface area contributed by atoms with Crippen molar-refractivity contribution in [2.75, 3.05) is 11.9 Å². The molecule has 23 heavy (non-hydrogen) atoms. The van der Waals surface area contributed by atoms with Gasteiger partial charge < -0.3 is 10.1 Å². The first-order chi connectivity index (χ1) is 10.8. The minimum absolute atomic E-state index is 0.183. The molecule has 1 N–H and O–H groups in total. The van der Waals surface area contributed by atoms with Crippen LogP contribution in [0.1, 0.15) is 31.1 Å². The molecule has 1 aliphatic heterocycles. The van der Waals surface area contributed by atoms with Crippen LogP contribution in [0.5, 0.6) is 0 Å². The van der Waals surface area contributed by atoms with Gasteiger partial charge in [0, 0.05) is 24.4 Å². The molecule has 0 radical (unpaired) electrons. The molecule has 1 aromatic carbocycles. The summed E-state index contributed by atoms with van der Waals surface area (Å²) in [6.07, 6.45) is 1.12. The van der Waals surface area contributed by atoms with E-state index in [1.54, 1.807) is 32.0 Å². The van der Waals surface area contributed by atoms with Gasteiger partial charge in [0.05, 0.1) is 23.2 Å². The van der Waals surface area contributed by atoms with Gasteiger partial charge in [-0.15, -0.1) is 0 Å². The zero-order chi connectivity index (χ0) is 17.1. The molecule has 0 saturated carbocycles. The number of ether oxygens (including phenoxy) is 1. The van der Waals surface area contributed by atoms with E-state index < -0.39 is 5.97 Å². The molecule has 0 spiro atoms. The number of nitrogens with one attached hydrogen (secondary N) is 1. The van der Waals surface area contributed by atoms with Crippen LogP contribution in [0.25, 0.3) is 0 Å². The molecule has 1 aromatic rings. The van der Waals surface area contributed by atoms with Crippen molar-refractivity contribution in [3.05, 3.63) is 40.6 Å². The summed E-state index contributed by atoms with van der Waals surface area (Å²) in [5, 5.41) is 3.26. The number of imide groups is 1. The maximum absolute atomic E-state index is 11.9. The first-order valence-electron chi connectivity index (χ1n) is 7.08. The third kappa shape index (κ3) is 4.10. The van der Waals surface area contributed by atoms with E-state index in [0.29, 0.717) is 11.4 Å². The quantitative estimate of drug-likeness (QED) is 0.855. The number of benzene rings is 1. The predicted octanol–water partition coefficient (Wildman–Crippen LogP) is 2.59. The average molecular weight is 337 g/mol. The molecule has 0 fully saturated rings. The summed E-state index contributed by atoms with van der Waals surface area (Å²) in [6.45, 7) is 5.03. The van der Waals surface area contributed by atoms with Crippen molar-refractivity contribution in [3.63, 3.8) is 0 Å². The molecular weight excluding hydrogens is 320 g/mol. The van der Waals surface area contributed by atoms with Gasteiger partial charge in [0.25, 0.3) is 5.91 Å². The molecule has 2 amide bonds. The third-order valence-electron chi connectivity index (χ3n) is 3.11. The smallest absolute Gasteiger partial charge is 0.339 e. The second-order valence-electron chi connectivity index (χ2n) is 5.39. The van der Waals surface area contributed by atoms with E-state index in [4.69, 9.17) is 16.3 Å². The molecular formula is C16H17ClN2O4. The number of anilines is 1. The normalized spacial score (nSPS) is 14.0. The highest BCUT2D eigenvalue weighted by molar-refractivity contribution is 6.33. The van der Waals surface area contributed by atoms with E-state index in [9.17, 15) is 14.4 Å². The molecule has 1 heterocycles. The zero-order valence-corrected chi connectivity index (χ0v) is 13.8. The van der Waals surface area contributed by atoms with Crippen LogP contribution in [0.3, 0.4) is 0 Å². The van der Waals surface area contributed by atoms with Crippen molar-refractivity contribution >= 4 is 35.1 Å². The van der Waals surface area contributed by atoms with Crippen molar-refractivity contribution in [3.8, 4) is 0 Å². The predicted molar refractivity (Wildman–Crippen MR) is 86.1 cm³/mol. The van der Waals surface area contributed by atoms with E-state index in [0.717, 1.165) is 4.90 Å². The fourth-order valence-electron chi connectivity index (χ4n) is 2.08. The lowest BCUT2D eigenvalue weighted by Crippen LogP contribution is -2.31. The Kier molecular flexibility index (Phi) is 5.05. The summed E-state index contributed by atoms with van der Waals surface area (Å²) in [6, 6.07) is 4.78. The molecule has 0 atom stereocenters. The van der Waals surface area contributed by atoms with Gasteiger partial charge in [-0.25, -0.2) is 4.79 Å². The zero-order valence-electron chi connectivity index (χ0n) is 13.1.